The number of thioether (sulfide) groups is 1. The van der Waals surface area contributed by atoms with Crippen LogP contribution in [-0.4, -0.2) is 22.1 Å². The summed E-state index contributed by atoms with van der Waals surface area (Å²) in [6.07, 6.45) is 4.85. The van der Waals surface area contributed by atoms with E-state index in [1.807, 2.05) is 30.5 Å². The molecule has 18 heavy (non-hydrogen) atoms. The van der Waals surface area contributed by atoms with Crippen molar-refractivity contribution in [1.82, 2.24) is 9.97 Å². The Kier molecular flexibility index (Phi) is 3.78. The third kappa shape index (κ3) is 2.78. The highest BCUT2D eigenvalue weighted by Gasteiger charge is 2.12. The van der Waals surface area contributed by atoms with E-state index in [4.69, 9.17) is 5.73 Å². The summed E-state index contributed by atoms with van der Waals surface area (Å²) < 4.78 is 0. The van der Waals surface area contributed by atoms with Gasteiger partial charge in [0.2, 0.25) is 0 Å². The Labute approximate surface area is 109 Å². The summed E-state index contributed by atoms with van der Waals surface area (Å²) in [6, 6.07) is 7.54. The van der Waals surface area contributed by atoms with E-state index in [-0.39, 0.29) is 17.4 Å². The predicted molar refractivity (Wildman–Crippen MR) is 72.6 cm³/mol. The van der Waals surface area contributed by atoms with Crippen LogP contribution in [0.3, 0.4) is 0 Å². The molecule has 0 saturated carbocycles. The third-order valence-electron chi connectivity index (χ3n) is 2.27. The summed E-state index contributed by atoms with van der Waals surface area (Å²) in [5.74, 6) is -0.241. The first kappa shape index (κ1) is 12.4. The first-order chi connectivity index (χ1) is 8.70. The molecule has 0 fully saturated rings. The van der Waals surface area contributed by atoms with Crippen molar-refractivity contribution in [2.75, 3.05) is 17.3 Å². The Hall–Kier alpha value is -2.08. The molecule has 0 atom stereocenters. The molecule has 5 nitrogen and oxygen atoms in total. The number of anilines is 2. The molecule has 0 bridgehead atoms. The van der Waals surface area contributed by atoms with E-state index in [1.54, 1.807) is 11.8 Å². The van der Waals surface area contributed by atoms with Crippen LogP contribution >= 0.6 is 11.8 Å². The first-order valence-electron chi connectivity index (χ1n) is 5.22. The smallest absolute Gasteiger partial charge is 0.278 e. The van der Waals surface area contributed by atoms with Gasteiger partial charge in [-0.3, -0.25) is 4.79 Å². The van der Waals surface area contributed by atoms with Crippen molar-refractivity contribution >= 4 is 29.2 Å². The van der Waals surface area contributed by atoms with Gasteiger partial charge in [0.1, 0.15) is 0 Å². The molecule has 1 aromatic heterocycles. The van der Waals surface area contributed by atoms with Gasteiger partial charge >= 0.3 is 0 Å². The van der Waals surface area contributed by atoms with Gasteiger partial charge in [-0.05, 0) is 24.5 Å². The van der Waals surface area contributed by atoms with Crippen LogP contribution in [0.5, 0.6) is 0 Å². The zero-order valence-corrected chi connectivity index (χ0v) is 10.6. The van der Waals surface area contributed by atoms with Gasteiger partial charge in [-0.2, -0.15) is 0 Å². The SMILES string of the molecule is CSc1cccc(NC(=O)c2nccnc2N)c1. The minimum Gasteiger partial charge on any atom is -0.382 e. The Morgan fingerprint density at radius 2 is 2.11 bits per heavy atom. The van der Waals surface area contributed by atoms with Crippen LogP contribution in [0.15, 0.2) is 41.6 Å². The van der Waals surface area contributed by atoms with Crippen LogP contribution in [0.2, 0.25) is 0 Å². The quantitative estimate of drug-likeness (QED) is 0.825. The minimum atomic E-state index is -0.362. The van der Waals surface area contributed by atoms with E-state index in [1.165, 1.54) is 12.4 Å². The number of hydrogen-bond acceptors (Lipinski definition) is 5. The lowest BCUT2D eigenvalue weighted by molar-refractivity contribution is 0.102. The Bertz CT molecular complexity index is 574. The molecular weight excluding hydrogens is 248 g/mol. The zero-order chi connectivity index (χ0) is 13.0. The number of carbonyl (C=O) groups excluding carboxylic acids is 1. The lowest BCUT2D eigenvalue weighted by atomic mass is 10.3. The highest BCUT2D eigenvalue weighted by atomic mass is 32.2. The van der Waals surface area contributed by atoms with Crippen molar-refractivity contribution < 1.29 is 4.79 Å². The Morgan fingerprint density at radius 1 is 1.33 bits per heavy atom. The fourth-order valence-electron chi connectivity index (χ4n) is 1.41. The molecule has 92 valence electrons. The normalized spacial score (nSPS) is 10.1. The molecule has 3 N–H and O–H groups in total. The fraction of sp³-hybridized carbons (Fsp3) is 0.0833. The summed E-state index contributed by atoms with van der Waals surface area (Å²) in [6.45, 7) is 0. The number of nitrogen functional groups attached to an aromatic ring is 1. The van der Waals surface area contributed by atoms with E-state index >= 15 is 0 Å². The lowest BCUT2D eigenvalue weighted by Gasteiger charge is -2.06. The molecule has 0 aliphatic heterocycles. The summed E-state index contributed by atoms with van der Waals surface area (Å²) in [5, 5.41) is 2.74. The molecule has 0 spiro atoms. The van der Waals surface area contributed by atoms with Crippen LogP contribution in [0.1, 0.15) is 10.5 Å². The second kappa shape index (κ2) is 5.50. The fourth-order valence-corrected chi connectivity index (χ4v) is 1.87. The van der Waals surface area contributed by atoms with Crippen molar-refractivity contribution in [1.29, 1.82) is 0 Å². The van der Waals surface area contributed by atoms with Gasteiger partial charge in [0.25, 0.3) is 5.91 Å². The average Bonchev–Trinajstić information content (AvgIpc) is 2.39. The highest BCUT2D eigenvalue weighted by Crippen LogP contribution is 2.19. The van der Waals surface area contributed by atoms with Crippen LogP contribution in [0, 0.1) is 0 Å². The molecule has 2 aromatic rings. The van der Waals surface area contributed by atoms with Crippen LogP contribution in [-0.2, 0) is 0 Å². The molecule has 1 amide bonds. The summed E-state index contributed by atoms with van der Waals surface area (Å²) in [7, 11) is 0. The lowest BCUT2D eigenvalue weighted by Crippen LogP contribution is -2.16. The number of amides is 1. The maximum Gasteiger partial charge on any atom is 0.278 e. The van der Waals surface area contributed by atoms with E-state index in [0.29, 0.717) is 5.69 Å². The van der Waals surface area contributed by atoms with Gasteiger partial charge in [0, 0.05) is 23.0 Å². The standard InChI is InChI=1S/C12H12N4OS/c1-18-9-4-2-3-8(7-9)16-12(17)10-11(13)15-6-5-14-10/h2-7H,1H3,(H2,13,15)(H,16,17). The summed E-state index contributed by atoms with van der Waals surface area (Å²) in [4.78, 5) is 20.7. The molecular formula is C12H12N4OS. The summed E-state index contributed by atoms with van der Waals surface area (Å²) in [5.41, 5.74) is 6.43. The van der Waals surface area contributed by atoms with Crippen molar-refractivity contribution in [2.45, 2.75) is 4.90 Å². The van der Waals surface area contributed by atoms with Crippen molar-refractivity contribution in [2.24, 2.45) is 0 Å². The van der Waals surface area contributed by atoms with Crippen LogP contribution in [0.25, 0.3) is 0 Å². The van der Waals surface area contributed by atoms with Gasteiger partial charge < -0.3 is 11.1 Å². The number of nitrogens with two attached hydrogens (primary N) is 1. The number of nitrogens with one attached hydrogen (secondary N) is 1. The monoisotopic (exact) mass is 260 g/mol. The first-order valence-corrected chi connectivity index (χ1v) is 6.45. The molecule has 0 saturated heterocycles. The topological polar surface area (TPSA) is 80.9 Å². The zero-order valence-electron chi connectivity index (χ0n) is 9.75. The number of rotatable bonds is 3. The molecule has 0 aliphatic carbocycles. The van der Waals surface area contributed by atoms with E-state index in [0.717, 1.165) is 4.90 Å². The van der Waals surface area contributed by atoms with Gasteiger partial charge in [-0.25, -0.2) is 9.97 Å². The molecule has 1 aromatic carbocycles. The highest BCUT2D eigenvalue weighted by molar-refractivity contribution is 7.98. The van der Waals surface area contributed by atoms with E-state index < -0.39 is 0 Å². The Morgan fingerprint density at radius 3 is 2.83 bits per heavy atom. The largest absolute Gasteiger partial charge is 0.382 e. The number of aromatic nitrogens is 2. The predicted octanol–water partition coefficient (Wildman–Crippen LogP) is 2.03. The van der Waals surface area contributed by atoms with Gasteiger partial charge in [0.05, 0.1) is 0 Å². The van der Waals surface area contributed by atoms with Gasteiger partial charge in [-0.15, -0.1) is 11.8 Å². The van der Waals surface area contributed by atoms with Crippen molar-refractivity contribution in [3.8, 4) is 0 Å². The molecule has 1 heterocycles. The van der Waals surface area contributed by atoms with E-state index in [9.17, 15) is 4.79 Å². The molecule has 6 heteroatoms. The maximum absolute atomic E-state index is 11.9. The van der Waals surface area contributed by atoms with Crippen LogP contribution in [0.4, 0.5) is 11.5 Å². The van der Waals surface area contributed by atoms with Crippen molar-refractivity contribution in [3.63, 3.8) is 0 Å². The maximum atomic E-state index is 11.9. The number of nitrogens with zero attached hydrogens (tertiary/aromatic N) is 2. The average molecular weight is 260 g/mol. The number of hydrogen-bond donors (Lipinski definition) is 2. The third-order valence-corrected chi connectivity index (χ3v) is 2.99. The molecule has 0 aliphatic rings. The van der Waals surface area contributed by atoms with Crippen LogP contribution < -0.4 is 11.1 Å². The second-order valence-corrected chi connectivity index (χ2v) is 4.36. The van der Waals surface area contributed by atoms with Gasteiger partial charge in [0.15, 0.2) is 11.5 Å². The number of carbonyl (C=O) groups is 1. The molecule has 0 unspecified atom stereocenters. The molecule has 2 rings (SSSR count). The Balaban J connectivity index is 2.19. The minimum absolute atomic E-state index is 0.121. The second-order valence-electron chi connectivity index (χ2n) is 3.48. The van der Waals surface area contributed by atoms with Gasteiger partial charge in [-0.1, -0.05) is 6.07 Å². The molecule has 0 radical (unpaired) electrons. The number of benzene rings is 1. The van der Waals surface area contributed by atoms with E-state index in [2.05, 4.69) is 15.3 Å². The summed E-state index contributed by atoms with van der Waals surface area (Å²) >= 11 is 1.61. The van der Waals surface area contributed by atoms with Crippen molar-refractivity contribution in [3.05, 3.63) is 42.4 Å².